The van der Waals surface area contributed by atoms with Crippen LogP contribution < -0.4 is 10.5 Å². The summed E-state index contributed by atoms with van der Waals surface area (Å²) in [7, 11) is -3.80. The largest absolute Gasteiger partial charge is 0.478 e. The van der Waals surface area contributed by atoms with E-state index in [0.717, 1.165) is 0 Å². The first-order chi connectivity index (χ1) is 5.91. The highest BCUT2D eigenvalue weighted by atomic mass is 32.2. The number of hydrogen-bond donors (Lipinski definition) is 3. The molecule has 0 saturated carbocycles. The number of carboxylic acids is 1. The Morgan fingerprint density at radius 2 is 2.15 bits per heavy atom. The number of hydrogen-bond acceptors (Lipinski definition) is 4. The summed E-state index contributed by atoms with van der Waals surface area (Å²) >= 11 is 0. The lowest BCUT2D eigenvalue weighted by molar-refractivity contribution is -0.132. The molecule has 6 nitrogen and oxygen atoms in total. The van der Waals surface area contributed by atoms with Crippen LogP contribution in [0.5, 0.6) is 0 Å². The molecule has 0 saturated heterocycles. The van der Waals surface area contributed by atoms with Crippen molar-refractivity contribution in [3.8, 4) is 0 Å². The lowest BCUT2D eigenvalue weighted by atomic mass is 10.2. The van der Waals surface area contributed by atoms with E-state index in [2.05, 4.69) is 5.32 Å². The number of dihydropyridines is 1. The van der Waals surface area contributed by atoms with Crippen molar-refractivity contribution in [2.75, 3.05) is 0 Å². The van der Waals surface area contributed by atoms with Gasteiger partial charge in [-0.15, -0.1) is 0 Å². The average molecular weight is 204 g/mol. The molecule has 1 rings (SSSR count). The maximum absolute atomic E-state index is 10.8. The molecule has 0 spiro atoms. The molecule has 0 aromatic rings. The van der Waals surface area contributed by atoms with Gasteiger partial charge in [-0.3, -0.25) is 0 Å². The highest BCUT2D eigenvalue weighted by Crippen LogP contribution is 2.16. The van der Waals surface area contributed by atoms with Crippen molar-refractivity contribution < 1.29 is 18.3 Å². The van der Waals surface area contributed by atoms with Crippen molar-refractivity contribution in [1.29, 1.82) is 0 Å². The maximum atomic E-state index is 10.8. The van der Waals surface area contributed by atoms with Crippen LogP contribution in [0.4, 0.5) is 0 Å². The van der Waals surface area contributed by atoms with Crippen LogP contribution >= 0.6 is 0 Å². The van der Waals surface area contributed by atoms with Crippen molar-refractivity contribution in [2.45, 2.75) is 6.42 Å². The summed E-state index contributed by atoms with van der Waals surface area (Å²) in [5.41, 5.74) is -0.0356. The Balaban J connectivity index is 2.89. The van der Waals surface area contributed by atoms with Crippen molar-refractivity contribution in [1.82, 2.24) is 5.32 Å². The molecule has 4 N–H and O–H groups in total. The Kier molecular flexibility index (Phi) is 2.39. The molecule has 1 aliphatic rings. The number of allylic oxidation sites excluding steroid dienone is 1. The lowest BCUT2D eigenvalue weighted by Crippen LogP contribution is -2.21. The van der Waals surface area contributed by atoms with Crippen molar-refractivity contribution in [3.63, 3.8) is 0 Å². The van der Waals surface area contributed by atoms with E-state index in [9.17, 15) is 13.2 Å². The Bertz CT molecular complexity index is 393. The zero-order chi connectivity index (χ0) is 10.1. The molecule has 0 radical (unpaired) electrons. The predicted octanol–water partition coefficient (Wildman–Crippen LogP) is -0.922. The monoisotopic (exact) mass is 204 g/mol. The zero-order valence-electron chi connectivity index (χ0n) is 6.52. The first-order valence-corrected chi connectivity index (χ1v) is 4.86. The second kappa shape index (κ2) is 3.19. The number of aliphatic carboxylic acids is 1. The normalized spacial score (nSPS) is 17.0. The molecule has 0 aliphatic carbocycles. The molecule has 13 heavy (non-hydrogen) atoms. The predicted molar refractivity (Wildman–Crippen MR) is 44.7 cm³/mol. The molecule has 7 heteroatoms. The van der Waals surface area contributed by atoms with Crippen LogP contribution in [0.3, 0.4) is 0 Å². The minimum atomic E-state index is -3.80. The van der Waals surface area contributed by atoms with Gasteiger partial charge >= 0.3 is 5.97 Å². The number of rotatable bonds is 2. The van der Waals surface area contributed by atoms with Gasteiger partial charge in [-0.25, -0.2) is 18.4 Å². The van der Waals surface area contributed by atoms with Gasteiger partial charge in [0.1, 0.15) is 0 Å². The Morgan fingerprint density at radius 1 is 1.54 bits per heavy atom. The zero-order valence-corrected chi connectivity index (χ0v) is 7.34. The van der Waals surface area contributed by atoms with Gasteiger partial charge in [-0.2, -0.15) is 0 Å². The average Bonchev–Trinajstić information content (AvgIpc) is 2.03. The van der Waals surface area contributed by atoms with Gasteiger partial charge in [0.2, 0.25) is 10.0 Å². The highest BCUT2D eigenvalue weighted by Gasteiger charge is 2.20. The van der Waals surface area contributed by atoms with E-state index < -0.39 is 16.0 Å². The highest BCUT2D eigenvalue weighted by molar-refractivity contribution is 7.93. The SMILES string of the molecule is NS(=O)(=O)C1=CNC=C(C(=O)O)C1. The summed E-state index contributed by atoms with van der Waals surface area (Å²) in [6, 6.07) is 0. The van der Waals surface area contributed by atoms with Gasteiger partial charge in [0.25, 0.3) is 0 Å². The number of nitrogens with two attached hydrogens (primary N) is 1. The quantitative estimate of drug-likeness (QED) is 0.538. The van der Waals surface area contributed by atoms with Crippen LogP contribution in [0.1, 0.15) is 6.42 Å². The van der Waals surface area contributed by atoms with Gasteiger partial charge in [-0.1, -0.05) is 0 Å². The molecule has 0 fully saturated rings. The third kappa shape index (κ3) is 2.30. The fourth-order valence-corrected chi connectivity index (χ4v) is 1.43. The summed E-state index contributed by atoms with van der Waals surface area (Å²) < 4.78 is 21.6. The van der Waals surface area contributed by atoms with E-state index in [-0.39, 0.29) is 16.9 Å². The summed E-state index contributed by atoms with van der Waals surface area (Å²) in [6.45, 7) is 0. The van der Waals surface area contributed by atoms with Crippen molar-refractivity contribution in [3.05, 3.63) is 22.9 Å². The van der Waals surface area contributed by atoms with Crippen LogP contribution in [-0.4, -0.2) is 19.5 Å². The van der Waals surface area contributed by atoms with Crippen molar-refractivity contribution >= 4 is 16.0 Å². The summed E-state index contributed by atoms with van der Waals surface area (Å²) in [5.74, 6) is -1.17. The van der Waals surface area contributed by atoms with Gasteiger partial charge < -0.3 is 10.4 Å². The number of sulfonamides is 1. The minimum absolute atomic E-state index is 0.0356. The third-order valence-corrected chi connectivity index (χ3v) is 2.50. The first kappa shape index (κ1) is 9.75. The standard InChI is InChI=1S/C6H8N2O4S/c7-13(11,12)5-1-4(6(9)10)2-8-3-5/h2-3,8H,1H2,(H,9,10)(H2,7,11,12). The van der Waals surface area contributed by atoms with Gasteiger partial charge in [0.05, 0.1) is 10.5 Å². The first-order valence-electron chi connectivity index (χ1n) is 3.31. The third-order valence-electron chi connectivity index (χ3n) is 1.51. The van der Waals surface area contributed by atoms with Gasteiger partial charge in [-0.05, 0) is 0 Å². The van der Waals surface area contributed by atoms with Crippen LogP contribution in [-0.2, 0) is 14.8 Å². The second-order valence-electron chi connectivity index (χ2n) is 2.47. The van der Waals surface area contributed by atoms with Crippen LogP contribution in [0, 0.1) is 0 Å². The number of carboxylic acid groups (broad SMARTS) is 1. The van der Waals surface area contributed by atoms with Gasteiger partial charge in [0.15, 0.2) is 0 Å². The molecular weight excluding hydrogens is 196 g/mol. The molecule has 0 aromatic heterocycles. The molecule has 0 bridgehead atoms. The molecule has 0 aromatic carbocycles. The van der Waals surface area contributed by atoms with E-state index in [0.29, 0.717) is 0 Å². The summed E-state index contributed by atoms with van der Waals surface area (Å²) in [5, 5.41) is 15.8. The van der Waals surface area contributed by atoms with E-state index in [1.165, 1.54) is 12.4 Å². The Morgan fingerprint density at radius 3 is 2.62 bits per heavy atom. The van der Waals surface area contributed by atoms with E-state index in [1.54, 1.807) is 0 Å². The molecule has 0 amide bonds. The topological polar surface area (TPSA) is 109 Å². The van der Waals surface area contributed by atoms with Crippen LogP contribution in [0.15, 0.2) is 22.9 Å². The van der Waals surface area contributed by atoms with Crippen LogP contribution in [0.25, 0.3) is 0 Å². The smallest absolute Gasteiger partial charge is 0.333 e. The molecule has 72 valence electrons. The fourth-order valence-electron chi connectivity index (χ4n) is 0.845. The fraction of sp³-hybridized carbons (Fsp3) is 0.167. The molecule has 0 atom stereocenters. The number of carbonyl (C=O) groups is 1. The molecular formula is C6H8N2O4S. The molecule has 1 aliphatic heterocycles. The summed E-state index contributed by atoms with van der Waals surface area (Å²) in [4.78, 5) is 10.3. The van der Waals surface area contributed by atoms with Gasteiger partial charge in [0, 0.05) is 18.8 Å². The maximum Gasteiger partial charge on any atom is 0.333 e. The number of primary sulfonamides is 1. The second-order valence-corrected chi connectivity index (χ2v) is 4.09. The molecule has 1 heterocycles. The number of nitrogens with one attached hydrogen (secondary N) is 1. The van der Waals surface area contributed by atoms with E-state index in [1.807, 2.05) is 0 Å². The Labute approximate surface area is 74.8 Å². The van der Waals surface area contributed by atoms with E-state index >= 15 is 0 Å². The lowest BCUT2D eigenvalue weighted by Gasteiger charge is -2.10. The molecule has 0 unspecified atom stereocenters. The van der Waals surface area contributed by atoms with Crippen LogP contribution in [0.2, 0.25) is 0 Å². The summed E-state index contributed by atoms with van der Waals surface area (Å²) in [6.07, 6.45) is 2.21. The Hall–Kier alpha value is -1.34. The minimum Gasteiger partial charge on any atom is -0.478 e. The van der Waals surface area contributed by atoms with Crippen molar-refractivity contribution in [2.24, 2.45) is 5.14 Å². The van der Waals surface area contributed by atoms with E-state index in [4.69, 9.17) is 10.2 Å².